The molecular formula is C17H27N5O2. The van der Waals surface area contributed by atoms with E-state index in [-0.39, 0.29) is 11.3 Å². The fourth-order valence-corrected chi connectivity index (χ4v) is 2.85. The van der Waals surface area contributed by atoms with Gasteiger partial charge in [-0.05, 0) is 23.1 Å². The average Bonchev–Trinajstić information content (AvgIpc) is 2.52. The third kappa shape index (κ3) is 4.92. The van der Waals surface area contributed by atoms with E-state index in [9.17, 15) is 9.59 Å². The first kappa shape index (κ1) is 18.2. The molecule has 1 fully saturated rings. The minimum atomic E-state index is -0.667. The van der Waals surface area contributed by atoms with Crippen LogP contribution in [-0.2, 0) is 11.3 Å². The lowest BCUT2D eigenvalue weighted by Gasteiger charge is -2.39. The summed E-state index contributed by atoms with van der Waals surface area (Å²) in [4.78, 5) is 32.2. The van der Waals surface area contributed by atoms with Crippen LogP contribution in [0, 0.1) is 5.41 Å². The molecule has 0 spiro atoms. The zero-order chi connectivity index (χ0) is 17.7. The smallest absolute Gasteiger partial charge is 0.312 e. The summed E-state index contributed by atoms with van der Waals surface area (Å²) in [6, 6.07) is 2.73. The van der Waals surface area contributed by atoms with Crippen LogP contribution >= 0.6 is 0 Å². The van der Waals surface area contributed by atoms with Crippen LogP contribution in [0.2, 0.25) is 0 Å². The number of carbonyl (C=O) groups is 2. The lowest BCUT2D eigenvalue weighted by molar-refractivity contribution is -0.137. The predicted molar refractivity (Wildman–Crippen MR) is 92.1 cm³/mol. The van der Waals surface area contributed by atoms with Crippen LogP contribution in [0.4, 0.5) is 4.79 Å². The second kappa shape index (κ2) is 7.61. The predicted octanol–water partition coefficient (Wildman–Crippen LogP) is 0.809. The maximum absolute atomic E-state index is 12.8. The molecular weight excluding hydrogens is 306 g/mol. The van der Waals surface area contributed by atoms with Crippen molar-refractivity contribution >= 4 is 11.9 Å². The quantitative estimate of drug-likeness (QED) is 0.853. The average molecular weight is 333 g/mol. The number of rotatable bonds is 4. The molecule has 3 N–H and O–H groups in total. The molecule has 1 aromatic rings. The highest BCUT2D eigenvalue weighted by Crippen LogP contribution is 2.22. The molecule has 0 bridgehead atoms. The van der Waals surface area contributed by atoms with Crippen molar-refractivity contribution in [1.82, 2.24) is 20.1 Å². The van der Waals surface area contributed by atoms with Crippen molar-refractivity contribution < 1.29 is 9.59 Å². The van der Waals surface area contributed by atoms with E-state index in [0.29, 0.717) is 13.1 Å². The Morgan fingerprint density at radius 2 is 1.79 bits per heavy atom. The highest BCUT2D eigenvalue weighted by Gasteiger charge is 2.36. The summed E-state index contributed by atoms with van der Waals surface area (Å²) < 4.78 is 0. The Balaban J connectivity index is 1.92. The lowest BCUT2D eigenvalue weighted by Crippen LogP contribution is -2.59. The zero-order valence-electron chi connectivity index (χ0n) is 14.7. The normalized spacial score (nSPS) is 17.4. The fourth-order valence-electron chi connectivity index (χ4n) is 2.85. The second-order valence-electron chi connectivity index (χ2n) is 7.26. The monoisotopic (exact) mass is 333 g/mol. The third-order valence-electron chi connectivity index (χ3n) is 4.24. The Bertz CT molecular complexity index is 562. The molecule has 1 aliphatic rings. The van der Waals surface area contributed by atoms with Gasteiger partial charge in [0.2, 0.25) is 5.91 Å². The summed E-state index contributed by atoms with van der Waals surface area (Å²) in [5.74, 6) is -0.0649. The van der Waals surface area contributed by atoms with Gasteiger partial charge in [0.25, 0.3) is 0 Å². The Morgan fingerprint density at radius 3 is 2.29 bits per heavy atom. The van der Waals surface area contributed by atoms with E-state index in [1.165, 1.54) is 5.56 Å². The highest BCUT2D eigenvalue weighted by molar-refractivity contribution is 5.87. The number of aromatic nitrogens is 1. The fraction of sp³-hybridized carbons (Fsp3) is 0.588. The number of hydrogen-bond donors (Lipinski definition) is 2. The first-order chi connectivity index (χ1) is 11.3. The molecule has 0 saturated carbocycles. The Morgan fingerprint density at radius 1 is 1.21 bits per heavy atom. The topological polar surface area (TPSA) is 91.6 Å². The number of nitrogens with one attached hydrogen (secondary N) is 1. The van der Waals surface area contributed by atoms with E-state index in [1.807, 2.05) is 37.8 Å². The summed E-state index contributed by atoms with van der Waals surface area (Å²) in [6.07, 6.45) is 3.58. The van der Waals surface area contributed by atoms with Gasteiger partial charge in [0, 0.05) is 45.1 Å². The van der Waals surface area contributed by atoms with Crippen LogP contribution < -0.4 is 11.1 Å². The van der Waals surface area contributed by atoms with E-state index >= 15 is 0 Å². The summed E-state index contributed by atoms with van der Waals surface area (Å²) >= 11 is 0. The number of piperazine rings is 1. The minimum Gasteiger partial charge on any atom is -0.352 e. The highest BCUT2D eigenvalue weighted by atomic mass is 16.2. The molecule has 0 unspecified atom stereocenters. The van der Waals surface area contributed by atoms with Crippen LogP contribution in [0.15, 0.2) is 24.5 Å². The molecule has 0 aromatic carbocycles. The van der Waals surface area contributed by atoms with Crippen molar-refractivity contribution in [3.63, 3.8) is 0 Å². The molecule has 24 heavy (non-hydrogen) atoms. The van der Waals surface area contributed by atoms with Gasteiger partial charge < -0.3 is 16.0 Å². The van der Waals surface area contributed by atoms with Crippen molar-refractivity contribution in [2.75, 3.05) is 26.2 Å². The van der Waals surface area contributed by atoms with Crippen LogP contribution in [0.3, 0.4) is 0 Å². The number of urea groups is 1. The van der Waals surface area contributed by atoms with Crippen LogP contribution in [0.5, 0.6) is 0 Å². The van der Waals surface area contributed by atoms with E-state index in [1.54, 1.807) is 12.4 Å². The lowest BCUT2D eigenvalue weighted by atomic mass is 9.85. The van der Waals surface area contributed by atoms with Crippen molar-refractivity contribution in [3.8, 4) is 0 Å². The number of primary amides is 1. The number of amides is 3. The Kier molecular flexibility index (Phi) is 5.77. The van der Waals surface area contributed by atoms with Gasteiger partial charge in [-0.3, -0.25) is 14.7 Å². The number of pyridine rings is 1. The maximum Gasteiger partial charge on any atom is 0.312 e. The summed E-state index contributed by atoms with van der Waals surface area (Å²) in [7, 11) is 0. The molecule has 3 amide bonds. The first-order valence-electron chi connectivity index (χ1n) is 8.23. The van der Waals surface area contributed by atoms with Gasteiger partial charge in [0.15, 0.2) is 0 Å². The Labute approximate surface area is 143 Å². The van der Waals surface area contributed by atoms with Gasteiger partial charge in [-0.25, -0.2) is 4.79 Å². The first-order valence-corrected chi connectivity index (χ1v) is 8.23. The van der Waals surface area contributed by atoms with Gasteiger partial charge in [0.1, 0.15) is 6.04 Å². The van der Waals surface area contributed by atoms with Gasteiger partial charge in [-0.15, -0.1) is 0 Å². The van der Waals surface area contributed by atoms with E-state index in [4.69, 9.17) is 5.73 Å². The summed E-state index contributed by atoms with van der Waals surface area (Å²) in [5, 5.41) is 2.60. The molecule has 1 atom stereocenters. The van der Waals surface area contributed by atoms with E-state index in [0.717, 1.165) is 19.6 Å². The number of nitrogens with two attached hydrogens (primary N) is 1. The van der Waals surface area contributed by atoms with Crippen molar-refractivity contribution in [1.29, 1.82) is 0 Å². The van der Waals surface area contributed by atoms with Gasteiger partial charge in [0.05, 0.1) is 0 Å². The van der Waals surface area contributed by atoms with Gasteiger partial charge in [-0.2, -0.15) is 0 Å². The van der Waals surface area contributed by atoms with E-state index < -0.39 is 12.1 Å². The molecule has 2 heterocycles. The van der Waals surface area contributed by atoms with Crippen molar-refractivity contribution in [2.24, 2.45) is 11.1 Å². The minimum absolute atomic E-state index is 0.0649. The standard InChI is InChI=1S/C17H27N5O2/c1-17(2,3)14(20-16(18)24)15(23)22-10-8-21(9-11-22)12-13-4-6-19-7-5-13/h4-7,14H,8-12H2,1-3H3,(H3,18,20,24)/t14-/m1/s1. The third-order valence-corrected chi connectivity index (χ3v) is 4.24. The number of nitrogens with zero attached hydrogens (tertiary/aromatic N) is 3. The molecule has 0 aliphatic carbocycles. The molecule has 1 aromatic heterocycles. The largest absolute Gasteiger partial charge is 0.352 e. The molecule has 132 valence electrons. The van der Waals surface area contributed by atoms with Crippen LogP contribution in [-0.4, -0.2) is 58.9 Å². The summed E-state index contributed by atoms with van der Waals surface area (Å²) in [5.41, 5.74) is 6.06. The summed E-state index contributed by atoms with van der Waals surface area (Å²) in [6.45, 7) is 9.53. The number of hydrogen-bond acceptors (Lipinski definition) is 4. The number of carbonyl (C=O) groups excluding carboxylic acids is 2. The molecule has 1 saturated heterocycles. The molecule has 1 aliphatic heterocycles. The SMILES string of the molecule is CC(C)(C)[C@H](NC(N)=O)C(=O)N1CCN(Cc2ccncc2)CC1. The second-order valence-corrected chi connectivity index (χ2v) is 7.26. The van der Waals surface area contributed by atoms with E-state index in [2.05, 4.69) is 15.2 Å². The van der Waals surface area contributed by atoms with Gasteiger partial charge >= 0.3 is 6.03 Å². The van der Waals surface area contributed by atoms with Crippen LogP contribution in [0.1, 0.15) is 26.3 Å². The zero-order valence-corrected chi connectivity index (χ0v) is 14.7. The van der Waals surface area contributed by atoms with Crippen molar-refractivity contribution in [3.05, 3.63) is 30.1 Å². The molecule has 0 radical (unpaired) electrons. The molecule has 7 nitrogen and oxygen atoms in total. The Hall–Kier alpha value is -2.15. The van der Waals surface area contributed by atoms with Gasteiger partial charge in [-0.1, -0.05) is 20.8 Å². The van der Waals surface area contributed by atoms with Crippen molar-refractivity contribution in [2.45, 2.75) is 33.4 Å². The van der Waals surface area contributed by atoms with Crippen LogP contribution in [0.25, 0.3) is 0 Å². The molecule has 7 heteroatoms. The maximum atomic E-state index is 12.8. The molecule has 2 rings (SSSR count).